The third-order valence-electron chi connectivity index (χ3n) is 7.88. The highest BCUT2D eigenvalue weighted by Gasteiger charge is 2.51. The van der Waals surface area contributed by atoms with Gasteiger partial charge in [0.1, 0.15) is 25.0 Å². The van der Waals surface area contributed by atoms with E-state index in [1.54, 1.807) is 30.3 Å². The van der Waals surface area contributed by atoms with Gasteiger partial charge in [0, 0.05) is 6.42 Å². The van der Waals surface area contributed by atoms with Crippen molar-refractivity contribution in [2.24, 2.45) is 5.73 Å². The minimum absolute atomic E-state index is 0.0266. The first kappa shape index (κ1) is 37.8. The fourth-order valence-electron chi connectivity index (χ4n) is 5.16. The largest absolute Gasteiger partial charge is 0.533 e. The molecule has 3 aromatic rings. The van der Waals surface area contributed by atoms with Gasteiger partial charge >= 0.3 is 25.8 Å². The van der Waals surface area contributed by atoms with Gasteiger partial charge in [0.15, 0.2) is 29.2 Å². The van der Waals surface area contributed by atoms with Crippen molar-refractivity contribution in [2.75, 3.05) is 25.6 Å². The zero-order chi connectivity index (χ0) is 35.4. The third-order valence-corrected chi connectivity index (χ3v) is 9.17. The number of phosphoric acid groups is 1. The number of benzene rings is 1. The minimum Gasteiger partial charge on any atom is -0.464 e. The fourth-order valence-corrected chi connectivity index (χ4v) is 6.31. The highest BCUT2D eigenvalue weighted by molar-refractivity contribution is 7.49. The van der Waals surface area contributed by atoms with Gasteiger partial charge in [-0.05, 0) is 18.4 Å². The quantitative estimate of drug-likeness (QED) is 0.0533. The molecular weight excluding hydrogens is 662 g/mol. The summed E-state index contributed by atoms with van der Waals surface area (Å²) >= 11 is 0. The maximum absolute atomic E-state index is 13.9. The molecule has 1 aromatic carbocycles. The summed E-state index contributed by atoms with van der Waals surface area (Å²) in [5.41, 5.74) is 10.6. The summed E-state index contributed by atoms with van der Waals surface area (Å²) in [4.78, 5) is 36.6. The number of fused-ring (bicyclic) bond motifs is 1. The van der Waals surface area contributed by atoms with Crippen molar-refractivity contribution in [1.29, 1.82) is 0 Å². The molecule has 0 aliphatic carbocycles. The van der Waals surface area contributed by atoms with E-state index in [0.29, 0.717) is 12.0 Å². The number of carbonyl (C=O) groups excluding carboxylic acids is 2. The van der Waals surface area contributed by atoms with Crippen molar-refractivity contribution in [3.63, 3.8) is 0 Å². The molecule has 2 aromatic heterocycles. The molecule has 0 amide bonds. The second-order valence-electron chi connectivity index (χ2n) is 11.6. The van der Waals surface area contributed by atoms with E-state index in [1.165, 1.54) is 17.3 Å². The van der Waals surface area contributed by atoms with Crippen LogP contribution in [0, 0.1) is 18.4 Å². The van der Waals surface area contributed by atoms with E-state index < -0.39 is 63.0 Å². The lowest BCUT2D eigenvalue weighted by Gasteiger charge is -2.28. The average molecular weight is 705 g/mol. The van der Waals surface area contributed by atoms with Crippen LogP contribution in [0.3, 0.4) is 0 Å². The van der Waals surface area contributed by atoms with Gasteiger partial charge in [-0.25, -0.2) is 19.1 Å². The molecule has 1 saturated heterocycles. The molecule has 1 unspecified atom stereocenters. The van der Waals surface area contributed by atoms with Crippen molar-refractivity contribution < 1.29 is 46.7 Å². The number of carbonyl (C=O) groups is 2. The molecule has 4 rings (SSSR count). The SMILES string of the molecule is C#C[C@]1(CO[P@](=O)(OCC(=O)OCCCCCCCCC)OC(=O)C(N)Cc2ccccc2)O[C@@H](n2cnc3c(N)nc(F)nc32)C[C@@H]1O. The Morgan fingerprint density at radius 2 is 1.90 bits per heavy atom. The summed E-state index contributed by atoms with van der Waals surface area (Å²) in [6, 6.07) is 7.50. The van der Waals surface area contributed by atoms with Crippen molar-refractivity contribution in [3.05, 3.63) is 48.3 Å². The smallest absolute Gasteiger partial charge is 0.464 e. The Kier molecular flexibility index (Phi) is 13.6. The lowest BCUT2D eigenvalue weighted by atomic mass is 9.99. The van der Waals surface area contributed by atoms with E-state index in [-0.39, 0.29) is 36.4 Å². The zero-order valence-electron chi connectivity index (χ0n) is 27.2. The monoisotopic (exact) mass is 704 g/mol. The second kappa shape index (κ2) is 17.6. The van der Waals surface area contributed by atoms with Gasteiger partial charge in [-0.3, -0.25) is 13.6 Å². The Hall–Kier alpha value is -3.97. The Bertz CT molecular complexity index is 1650. The number of aromatic nitrogens is 4. The number of esters is 1. The Morgan fingerprint density at radius 1 is 1.18 bits per heavy atom. The number of unbranched alkanes of at least 4 members (excludes halogenated alkanes) is 6. The van der Waals surface area contributed by atoms with Gasteiger partial charge in [-0.2, -0.15) is 14.4 Å². The number of nitrogens with two attached hydrogens (primary N) is 2. The molecule has 5 atom stereocenters. The molecule has 266 valence electrons. The summed E-state index contributed by atoms with van der Waals surface area (Å²) in [6.45, 7) is 0.540. The number of hydrogen-bond donors (Lipinski definition) is 3. The van der Waals surface area contributed by atoms with Gasteiger partial charge in [0.05, 0.1) is 12.9 Å². The van der Waals surface area contributed by atoms with E-state index in [9.17, 15) is 23.7 Å². The van der Waals surface area contributed by atoms with Crippen molar-refractivity contribution in [1.82, 2.24) is 19.5 Å². The number of nitrogens with zero attached hydrogens (tertiary/aromatic N) is 4. The van der Waals surface area contributed by atoms with Crippen molar-refractivity contribution >= 4 is 36.7 Å². The van der Waals surface area contributed by atoms with E-state index in [4.69, 9.17) is 40.9 Å². The number of ether oxygens (including phenoxy) is 2. The summed E-state index contributed by atoms with van der Waals surface area (Å²) in [5, 5.41) is 11.0. The lowest BCUT2D eigenvalue weighted by molar-refractivity contribution is -0.149. The van der Waals surface area contributed by atoms with Crippen LogP contribution in [0.5, 0.6) is 0 Å². The molecule has 49 heavy (non-hydrogen) atoms. The van der Waals surface area contributed by atoms with Crippen LogP contribution in [0.25, 0.3) is 11.2 Å². The molecule has 0 spiro atoms. The van der Waals surface area contributed by atoms with Crippen LogP contribution >= 0.6 is 7.82 Å². The van der Waals surface area contributed by atoms with Crippen molar-refractivity contribution in [2.45, 2.75) is 88.7 Å². The molecule has 3 heterocycles. The van der Waals surface area contributed by atoms with Gasteiger partial charge in [0.25, 0.3) is 0 Å². The number of nitrogen functional groups attached to an aromatic ring is 1. The molecule has 0 bridgehead atoms. The first-order valence-corrected chi connectivity index (χ1v) is 17.5. The first-order chi connectivity index (χ1) is 23.5. The molecular formula is C32H42FN6O9P. The van der Waals surface area contributed by atoms with E-state index in [0.717, 1.165) is 32.1 Å². The van der Waals surface area contributed by atoms with E-state index in [2.05, 4.69) is 27.8 Å². The summed E-state index contributed by atoms with van der Waals surface area (Å²) < 4.78 is 56.0. The molecule has 1 aliphatic heterocycles. The van der Waals surface area contributed by atoms with Crippen molar-refractivity contribution in [3.8, 4) is 12.3 Å². The summed E-state index contributed by atoms with van der Waals surface area (Å²) in [5.74, 6) is 0.0689. The minimum atomic E-state index is -4.94. The number of hydrogen-bond acceptors (Lipinski definition) is 14. The predicted molar refractivity (Wildman–Crippen MR) is 175 cm³/mol. The number of terminal acetylenes is 1. The molecule has 15 nitrogen and oxygen atoms in total. The third kappa shape index (κ3) is 10.3. The molecule has 1 fully saturated rings. The number of imidazole rings is 1. The van der Waals surface area contributed by atoms with Crippen LogP contribution in [0.2, 0.25) is 0 Å². The fraction of sp³-hybridized carbons (Fsp3) is 0.531. The Balaban J connectivity index is 1.42. The Morgan fingerprint density at radius 3 is 2.61 bits per heavy atom. The van der Waals surface area contributed by atoms with Crippen LogP contribution in [0.15, 0.2) is 36.7 Å². The molecule has 5 N–H and O–H groups in total. The maximum Gasteiger partial charge on any atom is 0.533 e. The number of rotatable bonds is 19. The summed E-state index contributed by atoms with van der Waals surface area (Å²) in [7, 11) is -4.94. The van der Waals surface area contributed by atoms with E-state index in [1.807, 2.05) is 0 Å². The summed E-state index contributed by atoms with van der Waals surface area (Å²) in [6.07, 6.45) is 10.4. The number of aliphatic hydroxyl groups excluding tert-OH is 1. The molecule has 1 aliphatic rings. The maximum atomic E-state index is 13.9. The highest BCUT2D eigenvalue weighted by Crippen LogP contribution is 2.52. The molecule has 17 heteroatoms. The highest BCUT2D eigenvalue weighted by atomic mass is 31.2. The van der Waals surface area contributed by atoms with Crippen LogP contribution in [0.4, 0.5) is 10.2 Å². The zero-order valence-corrected chi connectivity index (χ0v) is 28.1. The van der Waals surface area contributed by atoms with Crippen LogP contribution < -0.4 is 11.5 Å². The van der Waals surface area contributed by atoms with Crippen LogP contribution in [-0.4, -0.2) is 74.1 Å². The molecule has 0 radical (unpaired) electrons. The topological polar surface area (TPSA) is 213 Å². The number of halogens is 1. The Labute approximate surface area is 283 Å². The lowest BCUT2D eigenvalue weighted by Crippen LogP contribution is -2.42. The molecule has 0 saturated carbocycles. The van der Waals surface area contributed by atoms with Gasteiger partial charge < -0.3 is 30.6 Å². The van der Waals surface area contributed by atoms with E-state index >= 15 is 0 Å². The average Bonchev–Trinajstić information content (AvgIpc) is 3.65. The second-order valence-corrected chi connectivity index (χ2v) is 13.2. The number of aliphatic hydroxyl groups is 1. The van der Waals surface area contributed by atoms with Gasteiger partial charge in [-0.1, -0.05) is 81.7 Å². The van der Waals surface area contributed by atoms with Crippen LogP contribution in [-0.2, 0) is 43.6 Å². The van der Waals surface area contributed by atoms with Gasteiger partial charge in [0.2, 0.25) is 0 Å². The number of anilines is 1. The van der Waals surface area contributed by atoms with Gasteiger partial charge in [-0.15, -0.1) is 6.42 Å². The predicted octanol–water partition coefficient (Wildman–Crippen LogP) is 3.75. The van der Waals surface area contributed by atoms with Crippen LogP contribution in [0.1, 0.15) is 70.1 Å². The first-order valence-electron chi connectivity index (χ1n) is 16.1. The number of phosphoric ester groups is 1. The normalized spacial score (nSPS) is 20.8. The standard InChI is InChI=1S/C32H42FN6O9P/c1-3-5-6-7-8-9-13-16-44-26(41)19-45-49(43,48-30(42)23(34)17-22-14-11-10-12-15-22)46-20-32(4-2)24(40)18-25(47-32)39-21-36-27-28(35)37-31(33)38-29(27)39/h2,10-12,14-15,21,23-25,40H,3,5-9,13,16-20,34H2,1H3,(H2,35,37,38)/t23?,24-,25+,32+,49-/m0/s1.